The molecule has 7 nitrogen and oxygen atoms in total. The first-order valence-corrected chi connectivity index (χ1v) is 14.9. The van der Waals surface area contributed by atoms with Gasteiger partial charge in [0.1, 0.15) is 5.82 Å². The fourth-order valence-electron chi connectivity index (χ4n) is 4.77. The average Bonchev–Trinajstić information content (AvgIpc) is 3.47. The van der Waals surface area contributed by atoms with E-state index < -0.39 is 29.4 Å². The number of thiophene rings is 1. The highest BCUT2D eigenvalue weighted by molar-refractivity contribution is 7.17. The van der Waals surface area contributed by atoms with E-state index in [-0.39, 0.29) is 52.9 Å². The molecule has 4 aromatic rings. The number of ether oxygens (including phenoxy) is 1. The fraction of sp³-hybridized carbons (Fsp3) is 0.273. The number of hydrogen-bond acceptors (Lipinski definition) is 6. The van der Waals surface area contributed by atoms with Crippen molar-refractivity contribution in [2.45, 2.75) is 46.6 Å². The van der Waals surface area contributed by atoms with Crippen LogP contribution in [0.15, 0.2) is 54.6 Å². The number of hydrogen-bond donors (Lipinski definition) is 2. The molecule has 0 fully saturated rings. The van der Waals surface area contributed by atoms with Gasteiger partial charge in [-0.25, -0.2) is 18.0 Å². The maximum absolute atomic E-state index is 13.6. The lowest BCUT2D eigenvalue weighted by Gasteiger charge is -2.20. The van der Waals surface area contributed by atoms with Gasteiger partial charge in [-0.15, -0.1) is 11.3 Å². The summed E-state index contributed by atoms with van der Waals surface area (Å²) in [4.78, 5) is 44.9. The number of halogens is 3. The summed E-state index contributed by atoms with van der Waals surface area (Å²) in [6, 6.07) is 12.5. The number of esters is 1. The van der Waals surface area contributed by atoms with E-state index in [0.717, 1.165) is 29.0 Å². The standard InChI is InChI=1S/C33H32F3N3O4S/c1-4-43-33(42)29-24(12-8-19-5-9-21(34)10-6-19)39-25(15-18(2)3)28(31(37)40)30(29)26-13-14-27(44-26)32(41)38-17-20-7-11-22(35)23(36)16-20/h5-7,9-11,13-14,16,18H,4,8,12,15,17H2,1-3H3,(H2,37,40)(H,38,41). The topological polar surface area (TPSA) is 111 Å². The van der Waals surface area contributed by atoms with Gasteiger partial charge in [0.05, 0.1) is 34.0 Å². The highest BCUT2D eigenvalue weighted by Gasteiger charge is 2.30. The largest absolute Gasteiger partial charge is 0.462 e. The molecule has 0 unspecified atom stereocenters. The summed E-state index contributed by atoms with van der Waals surface area (Å²) in [5.41, 5.74) is 8.29. The molecule has 0 spiro atoms. The van der Waals surface area contributed by atoms with Crippen molar-refractivity contribution in [2.24, 2.45) is 11.7 Å². The van der Waals surface area contributed by atoms with Crippen molar-refractivity contribution >= 4 is 29.1 Å². The Morgan fingerprint density at radius 2 is 1.61 bits per heavy atom. The first-order chi connectivity index (χ1) is 21.0. The van der Waals surface area contributed by atoms with E-state index in [2.05, 4.69) is 5.32 Å². The van der Waals surface area contributed by atoms with Gasteiger partial charge in [-0.2, -0.15) is 0 Å². The van der Waals surface area contributed by atoms with Crippen molar-refractivity contribution in [2.75, 3.05) is 6.61 Å². The van der Waals surface area contributed by atoms with Crippen molar-refractivity contribution in [3.05, 3.63) is 111 Å². The smallest absolute Gasteiger partial charge is 0.340 e. The minimum atomic E-state index is -1.02. The van der Waals surface area contributed by atoms with Gasteiger partial charge in [0.25, 0.3) is 11.8 Å². The van der Waals surface area contributed by atoms with Crippen LogP contribution >= 0.6 is 11.3 Å². The molecule has 2 amide bonds. The number of amides is 2. The minimum Gasteiger partial charge on any atom is -0.462 e. The third kappa shape index (κ3) is 7.71. The lowest BCUT2D eigenvalue weighted by Crippen LogP contribution is -2.23. The van der Waals surface area contributed by atoms with E-state index in [0.29, 0.717) is 34.7 Å². The molecule has 0 saturated carbocycles. The van der Waals surface area contributed by atoms with Gasteiger partial charge in [-0.1, -0.05) is 32.0 Å². The van der Waals surface area contributed by atoms with Crippen LogP contribution in [-0.4, -0.2) is 29.4 Å². The van der Waals surface area contributed by atoms with Gasteiger partial charge < -0.3 is 15.8 Å². The van der Waals surface area contributed by atoms with Crippen LogP contribution < -0.4 is 11.1 Å². The quantitative estimate of drug-likeness (QED) is 0.177. The molecule has 0 bridgehead atoms. The Bertz CT molecular complexity index is 1690. The molecular weight excluding hydrogens is 591 g/mol. The highest BCUT2D eigenvalue weighted by atomic mass is 32.1. The third-order valence-electron chi connectivity index (χ3n) is 6.75. The molecule has 44 heavy (non-hydrogen) atoms. The summed E-state index contributed by atoms with van der Waals surface area (Å²) in [5.74, 6) is -4.25. The number of benzene rings is 2. The monoisotopic (exact) mass is 623 g/mol. The molecule has 2 aromatic carbocycles. The lowest BCUT2D eigenvalue weighted by molar-refractivity contribution is 0.0525. The number of nitrogens with zero attached hydrogens (tertiary/aromatic N) is 1. The second-order valence-corrected chi connectivity index (χ2v) is 11.6. The van der Waals surface area contributed by atoms with Gasteiger partial charge >= 0.3 is 5.97 Å². The molecule has 0 radical (unpaired) electrons. The van der Waals surface area contributed by atoms with Crippen molar-refractivity contribution < 1.29 is 32.3 Å². The van der Waals surface area contributed by atoms with Gasteiger partial charge in [-0.3, -0.25) is 14.6 Å². The van der Waals surface area contributed by atoms with E-state index in [4.69, 9.17) is 15.5 Å². The van der Waals surface area contributed by atoms with Gasteiger partial charge in [0, 0.05) is 17.0 Å². The van der Waals surface area contributed by atoms with E-state index in [1.165, 1.54) is 18.2 Å². The van der Waals surface area contributed by atoms with Crippen LogP contribution in [-0.2, 0) is 30.5 Å². The first kappa shape index (κ1) is 32.4. The van der Waals surface area contributed by atoms with Gasteiger partial charge in [0.15, 0.2) is 11.6 Å². The fourth-order valence-corrected chi connectivity index (χ4v) is 5.75. The summed E-state index contributed by atoms with van der Waals surface area (Å²) < 4.78 is 45.8. The Kier molecular flexibility index (Phi) is 10.5. The van der Waals surface area contributed by atoms with E-state index in [9.17, 15) is 27.6 Å². The number of aryl methyl sites for hydroxylation is 2. The minimum absolute atomic E-state index is 0.0504. The van der Waals surface area contributed by atoms with Crippen LogP contribution in [0, 0.1) is 23.4 Å². The Labute approximate surface area is 257 Å². The molecule has 2 aromatic heterocycles. The molecular formula is C33H32F3N3O4S. The van der Waals surface area contributed by atoms with Gasteiger partial charge in [0.2, 0.25) is 0 Å². The number of primary amides is 1. The summed E-state index contributed by atoms with van der Waals surface area (Å²) in [6.45, 7) is 5.60. The van der Waals surface area contributed by atoms with Gasteiger partial charge in [-0.05, 0) is 79.6 Å². The maximum Gasteiger partial charge on any atom is 0.340 e. The summed E-state index contributed by atoms with van der Waals surface area (Å²) in [7, 11) is 0. The number of carbonyl (C=O) groups is 3. The lowest BCUT2D eigenvalue weighted by atomic mass is 9.91. The predicted molar refractivity (Wildman–Crippen MR) is 162 cm³/mol. The van der Waals surface area contributed by atoms with E-state index >= 15 is 0 Å². The average molecular weight is 624 g/mol. The number of nitrogens with two attached hydrogens (primary N) is 1. The summed E-state index contributed by atoms with van der Waals surface area (Å²) in [5, 5.41) is 2.67. The Hall–Kier alpha value is -4.51. The van der Waals surface area contributed by atoms with Crippen LogP contribution in [0.2, 0.25) is 0 Å². The Morgan fingerprint density at radius 3 is 2.25 bits per heavy atom. The van der Waals surface area contributed by atoms with Crippen molar-refractivity contribution in [3.8, 4) is 10.4 Å². The normalized spacial score (nSPS) is 11.1. The Balaban J connectivity index is 1.79. The second kappa shape index (κ2) is 14.3. The second-order valence-electron chi connectivity index (χ2n) is 10.5. The molecule has 0 atom stereocenters. The molecule has 3 N–H and O–H groups in total. The number of nitrogens with one attached hydrogen (secondary N) is 1. The van der Waals surface area contributed by atoms with Crippen LogP contribution in [0.4, 0.5) is 13.2 Å². The first-order valence-electron chi connectivity index (χ1n) is 14.1. The zero-order chi connectivity index (χ0) is 32.0. The Morgan fingerprint density at radius 1 is 0.909 bits per heavy atom. The number of pyridine rings is 1. The molecule has 0 aliphatic rings. The SMILES string of the molecule is CCOC(=O)c1c(CCc2ccc(F)cc2)nc(CC(C)C)c(C(N)=O)c1-c1ccc(C(=O)NCc2ccc(F)c(F)c2)s1. The van der Waals surface area contributed by atoms with Crippen LogP contribution in [0.5, 0.6) is 0 Å². The zero-order valence-electron chi connectivity index (χ0n) is 24.5. The van der Waals surface area contributed by atoms with E-state index in [1.54, 1.807) is 31.2 Å². The van der Waals surface area contributed by atoms with Crippen LogP contribution in [0.1, 0.15) is 73.7 Å². The third-order valence-corrected chi connectivity index (χ3v) is 7.85. The van der Waals surface area contributed by atoms with Crippen molar-refractivity contribution in [1.29, 1.82) is 0 Å². The van der Waals surface area contributed by atoms with Crippen LogP contribution in [0.3, 0.4) is 0 Å². The molecule has 11 heteroatoms. The van der Waals surface area contributed by atoms with Crippen molar-refractivity contribution in [1.82, 2.24) is 10.3 Å². The molecule has 0 aliphatic heterocycles. The van der Waals surface area contributed by atoms with Crippen molar-refractivity contribution in [3.63, 3.8) is 0 Å². The molecule has 0 saturated heterocycles. The highest BCUT2D eigenvalue weighted by Crippen LogP contribution is 2.37. The molecule has 2 heterocycles. The zero-order valence-corrected chi connectivity index (χ0v) is 25.3. The van der Waals surface area contributed by atoms with Crippen LogP contribution in [0.25, 0.3) is 10.4 Å². The maximum atomic E-state index is 13.6. The molecule has 0 aliphatic carbocycles. The molecule has 230 valence electrons. The predicted octanol–water partition coefficient (Wildman–Crippen LogP) is 6.42. The van der Waals surface area contributed by atoms with E-state index in [1.807, 2.05) is 13.8 Å². The number of carbonyl (C=O) groups excluding carboxylic acids is 3. The summed E-state index contributed by atoms with van der Waals surface area (Å²) in [6.07, 6.45) is 1.10. The molecule has 4 rings (SSSR count). The number of rotatable bonds is 12. The summed E-state index contributed by atoms with van der Waals surface area (Å²) >= 11 is 1.04. The number of aromatic nitrogens is 1.